The Bertz CT molecular complexity index is 595. The van der Waals surface area contributed by atoms with E-state index in [4.69, 9.17) is 4.74 Å². The number of carboxylic acid groups (broad SMARTS) is 1. The highest BCUT2D eigenvalue weighted by molar-refractivity contribution is 5.75. The molecule has 0 aliphatic carbocycles. The van der Waals surface area contributed by atoms with E-state index < -0.39 is 12.0 Å². The topological polar surface area (TPSA) is 58.6 Å². The smallest absolute Gasteiger partial charge is 0.325 e. The molecule has 0 saturated heterocycles. The number of carbonyl (C=O) groups is 1. The molecular formula is C18H21NO3. The first kappa shape index (κ1) is 16.0. The number of nitrogens with one attached hydrogen (secondary N) is 1. The van der Waals surface area contributed by atoms with Crippen molar-refractivity contribution < 1.29 is 14.6 Å². The number of carboxylic acids is 1. The van der Waals surface area contributed by atoms with Crippen molar-refractivity contribution in [1.29, 1.82) is 0 Å². The predicted octanol–water partition coefficient (Wildman–Crippen LogP) is 3.21. The Balaban J connectivity index is 2.01. The zero-order valence-electron chi connectivity index (χ0n) is 12.8. The molecule has 0 aliphatic rings. The highest BCUT2D eigenvalue weighted by Gasteiger charge is 2.19. The number of ether oxygens (including phenoxy) is 1. The van der Waals surface area contributed by atoms with Crippen LogP contribution in [0.15, 0.2) is 54.6 Å². The van der Waals surface area contributed by atoms with Gasteiger partial charge in [0.25, 0.3) is 0 Å². The molecule has 116 valence electrons. The van der Waals surface area contributed by atoms with Crippen LogP contribution in [0.4, 0.5) is 0 Å². The lowest BCUT2D eigenvalue weighted by molar-refractivity contribution is -0.139. The highest BCUT2D eigenvalue weighted by atomic mass is 16.5. The first-order chi connectivity index (χ1) is 10.6. The molecule has 4 nitrogen and oxygen atoms in total. The van der Waals surface area contributed by atoms with Gasteiger partial charge in [-0.3, -0.25) is 4.79 Å². The first-order valence-electron chi connectivity index (χ1n) is 7.27. The van der Waals surface area contributed by atoms with Crippen LogP contribution >= 0.6 is 0 Å². The molecule has 0 aromatic heterocycles. The summed E-state index contributed by atoms with van der Waals surface area (Å²) in [5.74, 6) is 0.154. The van der Waals surface area contributed by atoms with Gasteiger partial charge >= 0.3 is 5.97 Å². The fraction of sp³-hybridized carbons (Fsp3) is 0.278. The fourth-order valence-corrected chi connectivity index (χ4v) is 2.34. The van der Waals surface area contributed by atoms with Gasteiger partial charge < -0.3 is 15.2 Å². The van der Waals surface area contributed by atoms with Crippen LogP contribution in [0.5, 0.6) is 5.75 Å². The lowest BCUT2D eigenvalue weighted by Crippen LogP contribution is -2.31. The van der Waals surface area contributed by atoms with E-state index in [1.54, 1.807) is 7.11 Å². The maximum atomic E-state index is 11.5. The highest BCUT2D eigenvalue weighted by Crippen LogP contribution is 2.20. The van der Waals surface area contributed by atoms with E-state index in [-0.39, 0.29) is 5.92 Å². The van der Waals surface area contributed by atoms with Crippen molar-refractivity contribution in [3.8, 4) is 5.75 Å². The SMILES string of the molecule is COc1ccc(C(C)CN[C@H](C(=O)O)c2ccccc2)cc1. The van der Waals surface area contributed by atoms with Crippen LogP contribution < -0.4 is 10.1 Å². The minimum atomic E-state index is -0.867. The van der Waals surface area contributed by atoms with E-state index in [0.29, 0.717) is 6.54 Å². The minimum absolute atomic E-state index is 0.205. The minimum Gasteiger partial charge on any atom is -0.497 e. The summed E-state index contributed by atoms with van der Waals surface area (Å²) in [5.41, 5.74) is 1.91. The quantitative estimate of drug-likeness (QED) is 0.824. The van der Waals surface area contributed by atoms with Gasteiger partial charge in [-0.25, -0.2) is 0 Å². The van der Waals surface area contributed by atoms with E-state index in [1.165, 1.54) is 0 Å². The third-order valence-corrected chi connectivity index (χ3v) is 3.69. The second kappa shape index (κ2) is 7.61. The van der Waals surface area contributed by atoms with Gasteiger partial charge in [0.05, 0.1) is 7.11 Å². The molecule has 0 radical (unpaired) electrons. The lowest BCUT2D eigenvalue weighted by atomic mass is 10.00. The summed E-state index contributed by atoms with van der Waals surface area (Å²) >= 11 is 0. The van der Waals surface area contributed by atoms with E-state index in [0.717, 1.165) is 16.9 Å². The average Bonchev–Trinajstić information content (AvgIpc) is 2.55. The van der Waals surface area contributed by atoms with Crippen LogP contribution in [0, 0.1) is 0 Å². The number of methoxy groups -OCH3 is 1. The summed E-state index contributed by atoms with van der Waals surface area (Å²) in [6, 6.07) is 16.4. The molecule has 0 heterocycles. The maximum absolute atomic E-state index is 11.5. The largest absolute Gasteiger partial charge is 0.497 e. The Kier molecular flexibility index (Phi) is 5.55. The number of hydrogen-bond acceptors (Lipinski definition) is 3. The molecule has 2 aromatic rings. The van der Waals surface area contributed by atoms with Crippen molar-refractivity contribution in [3.05, 3.63) is 65.7 Å². The van der Waals surface area contributed by atoms with Crippen LogP contribution in [0.3, 0.4) is 0 Å². The molecule has 2 rings (SSSR count). The Labute approximate surface area is 130 Å². The van der Waals surface area contributed by atoms with Crippen molar-refractivity contribution in [3.63, 3.8) is 0 Å². The third kappa shape index (κ3) is 4.09. The van der Waals surface area contributed by atoms with Crippen LogP contribution in [0.1, 0.15) is 30.0 Å². The Hall–Kier alpha value is -2.33. The molecule has 0 spiro atoms. The van der Waals surface area contributed by atoms with Gasteiger partial charge in [-0.15, -0.1) is 0 Å². The average molecular weight is 299 g/mol. The molecule has 2 aromatic carbocycles. The number of benzene rings is 2. The molecule has 0 fully saturated rings. The normalized spacial score (nSPS) is 13.4. The van der Waals surface area contributed by atoms with Gasteiger partial charge in [0.2, 0.25) is 0 Å². The number of rotatable bonds is 7. The molecule has 0 aliphatic heterocycles. The Morgan fingerprint density at radius 3 is 2.27 bits per heavy atom. The van der Waals surface area contributed by atoms with Crippen molar-refractivity contribution in [1.82, 2.24) is 5.32 Å². The molecule has 2 atom stereocenters. The lowest BCUT2D eigenvalue weighted by Gasteiger charge is -2.19. The Morgan fingerprint density at radius 1 is 1.09 bits per heavy atom. The second-order valence-electron chi connectivity index (χ2n) is 5.26. The summed E-state index contributed by atoms with van der Waals surface area (Å²) in [6.45, 7) is 2.65. The van der Waals surface area contributed by atoms with E-state index in [1.807, 2.05) is 54.6 Å². The van der Waals surface area contributed by atoms with E-state index >= 15 is 0 Å². The molecular weight excluding hydrogens is 278 g/mol. The van der Waals surface area contributed by atoms with Crippen LogP contribution in [-0.4, -0.2) is 24.7 Å². The van der Waals surface area contributed by atoms with Crippen molar-refractivity contribution in [2.75, 3.05) is 13.7 Å². The zero-order valence-corrected chi connectivity index (χ0v) is 12.8. The van der Waals surface area contributed by atoms with E-state index in [9.17, 15) is 9.90 Å². The molecule has 1 unspecified atom stereocenters. The van der Waals surface area contributed by atoms with Gasteiger partial charge in [-0.2, -0.15) is 0 Å². The molecule has 0 saturated carbocycles. The third-order valence-electron chi connectivity index (χ3n) is 3.69. The summed E-state index contributed by atoms with van der Waals surface area (Å²) in [4.78, 5) is 11.5. The van der Waals surface area contributed by atoms with Crippen LogP contribution in [0.25, 0.3) is 0 Å². The van der Waals surface area contributed by atoms with Gasteiger partial charge in [0.1, 0.15) is 11.8 Å². The summed E-state index contributed by atoms with van der Waals surface area (Å²) in [5, 5.41) is 12.5. The fourth-order valence-electron chi connectivity index (χ4n) is 2.34. The van der Waals surface area contributed by atoms with Gasteiger partial charge in [0, 0.05) is 6.54 Å². The zero-order chi connectivity index (χ0) is 15.9. The van der Waals surface area contributed by atoms with Gasteiger partial charge in [0.15, 0.2) is 0 Å². The number of aliphatic carboxylic acids is 1. The summed E-state index contributed by atoms with van der Waals surface area (Å²) in [6.07, 6.45) is 0. The Morgan fingerprint density at radius 2 is 1.73 bits per heavy atom. The summed E-state index contributed by atoms with van der Waals surface area (Å²) in [7, 11) is 1.64. The molecule has 0 amide bonds. The van der Waals surface area contributed by atoms with Crippen molar-refractivity contribution in [2.45, 2.75) is 18.9 Å². The van der Waals surface area contributed by atoms with Crippen LogP contribution in [-0.2, 0) is 4.79 Å². The van der Waals surface area contributed by atoms with Gasteiger partial charge in [-0.1, -0.05) is 49.4 Å². The van der Waals surface area contributed by atoms with Gasteiger partial charge in [-0.05, 0) is 29.2 Å². The number of hydrogen-bond donors (Lipinski definition) is 2. The predicted molar refractivity (Wildman–Crippen MR) is 86.2 cm³/mol. The molecule has 22 heavy (non-hydrogen) atoms. The summed E-state index contributed by atoms with van der Waals surface area (Å²) < 4.78 is 5.14. The standard InChI is InChI=1S/C18H21NO3/c1-13(14-8-10-16(22-2)11-9-14)12-19-17(18(20)21)15-6-4-3-5-7-15/h3-11,13,17,19H,12H2,1-2H3,(H,20,21)/t13?,17-/m0/s1. The molecule has 2 N–H and O–H groups in total. The monoisotopic (exact) mass is 299 g/mol. The first-order valence-corrected chi connectivity index (χ1v) is 7.27. The van der Waals surface area contributed by atoms with Crippen LogP contribution in [0.2, 0.25) is 0 Å². The van der Waals surface area contributed by atoms with Crippen molar-refractivity contribution >= 4 is 5.97 Å². The van der Waals surface area contributed by atoms with Crippen molar-refractivity contribution in [2.24, 2.45) is 0 Å². The maximum Gasteiger partial charge on any atom is 0.325 e. The second-order valence-corrected chi connectivity index (χ2v) is 5.26. The molecule has 4 heteroatoms. The molecule has 0 bridgehead atoms. The van der Waals surface area contributed by atoms with E-state index in [2.05, 4.69) is 12.2 Å².